The molecule has 1 aromatic heterocycles. The highest BCUT2D eigenvalue weighted by Crippen LogP contribution is 2.36. The van der Waals surface area contributed by atoms with E-state index in [1.165, 1.54) is 7.11 Å². The molecule has 0 spiro atoms. The molecule has 0 bridgehead atoms. The zero-order valence-electron chi connectivity index (χ0n) is 13.8. The van der Waals surface area contributed by atoms with Crippen molar-refractivity contribution in [2.75, 3.05) is 7.11 Å². The first-order valence-corrected chi connectivity index (χ1v) is 8.90. The van der Waals surface area contributed by atoms with Gasteiger partial charge in [0.1, 0.15) is 11.5 Å². The lowest BCUT2D eigenvalue weighted by molar-refractivity contribution is -0.140. The number of aromatic nitrogens is 1. The minimum atomic E-state index is -0.328. The van der Waals surface area contributed by atoms with Crippen molar-refractivity contribution in [3.8, 4) is 22.7 Å². The zero-order valence-corrected chi connectivity index (χ0v) is 16.0. The van der Waals surface area contributed by atoms with Gasteiger partial charge in [0.05, 0.1) is 29.1 Å². The van der Waals surface area contributed by atoms with Gasteiger partial charge in [-0.2, -0.15) is 0 Å². The molecule has 3 aromatic rings. The summed E-state index contributed by atoms with van der Waals surface area (Å²) in [6.07, 6.45) is 0.519. The van der Waals surface area contributed by atoms with E-state index >= 15 is 0 Å². The van der Waals surface area contributed by atoms with Crippen LogP contribution < -0.4 is 0 Å². The van der Waals surface area contributed by atoms with Crippen LogP contribution in [-0.4, -0.2) is 18.1 Å². The molecule has 7 heteroatoms. The van der Waals surface area contributed by atoms with E-state index in [9.17, 15) is 4.79 Å². The van der Waals surface area contributed by atoms with E-state index in [2.05, 4.69) is 4.98 Å². The fraction of sp³-hybridized carbons (Fsp3) is 0.158. The number of ether oxygens (including phenoxy) is 1. The van der Waals surface area contributed by atoms with Crippen LogP contribution in [0.2, 0.25) is 15.1 Å². The highest BCUT2D eigenvalue weighted by Gasteiger charge is 2.19. The number of methoxy groups -OCH3 is 1. The third-order valence-corrected chi connectivity index (χ3v) is 4.85. The van der Waals surface area contributed by atoms with Crippen LogP contribution in [0.15, 0.2) is 46.9 Å². The molecule has 0 saturated heterocycles. The summed E-state index contributed by atoms with van der Waals surface area (Å²) in [5.74, 6) is 0.567. The van der Waals surface area contributed by atoms with E-state index < -0.39 is 0 Å². The zero-order chi connectivity index (χ0) is 18.7. The Bertz CT molecular complexity index is 936. The first-order chi connectivity index (χ1) is 12.5. The minimum absolute atomic E-state index is 0.176. The molecule has 0 atom stereocenters. The molecule has 3 rings (SSSR count). The lowest BCUT2D eigenvalue weighted by atomic mass is 10.1. The number of oxazole rings is 1. The van der Waals surface area contributed by atoms with Crippen LogP contribution in [-0.2, 0) is 16.0 Å². The molecule has 134 valence electrons. The normalized spacial score (nSPS) is 10.8. The molecule has 0 amide bonds. The summed E-state index contributed by atoms with van der Waals surface area (Å²) in [6, 6.07) is 12.4. The van der Waals surface area contributed by atoms with Crippen molar-refractivity contribution in [2.45, 2.75) is 12.8 Å². The van der Waals surface area contributed by atoms with Crippen molar-refractivity contribution >= 4 is 40.8 Å². The lowest BCUT2D eigenvalue weighted by Crippen LogP contribution is -2.02. The first-order valence-electron chi connectivity index (χ1n) is 7.76. The Balaban J connectivity index is 2.06. The highest BCUT2D eigenvalue weighted by atomic mass is 35.5. The van der Waals surface area contributed by atoms with Gasteiger partial charge in [-0.3, -0.25) is 4.79 Å². The molecular formula is C19H14Cl3NO3. The lowest BCUT2D eigenvalue weighted by Gasteiger charge is -2.01. The molecule has 0 unspecified atom stereocenters. The largest absolute Gasteiger partial charge is 0.469 e. The van der Waals surface area contributed by atoms with Crippen molar-refractivity contribution in [2.24, 2.45) is 0 Å². The summed E-state index contributed by atoms with van der Waals surface area (Å²) < 4.78 is 10.6. The van der Waals surface area contributed by atoms with E-state index in [-0.39, 0.29) is 12.4 Å². The average Bonchev–Trinajstić information content (AvgIpc) is 3.06. The third kappa shape index (κ3) is 4.04. The smallest absolute Gasteiger partial charge is 0.305 e. The number of hydrogen-bond donors (Lipinski definition) is 0. The Morgan fingerprint density at radius 3 is 2.54 bits per heavy atom. The molecule has 2 aromatic carbocycles. The molecule has 26 heavy (non-hydrogen) atoms. The van der Waals surface area contributed by atoms with E-state index in [0.29, 0.717) is 44.4 Å². The summed E-state index contributed by atoms with van der Waals surface area (Å²) >= 11 is 18.3. The summed E-state index contributed by atoms with van der Waals surface area (Å²) in [5, 5.41) is 1.38. The average molecular weight is 411 g/mol. The van der Waals surface area contributed by atoms with Crippen molar-refractivity contribution in [1.82, 2.24) is 4.98 Å². The van der Waals surface area contributed by atoms with Gasteiger partial charge < -0.3 is 9.15 Å². The number of halogens is 3. The number of esters is 1. The Labute approximate surface area is 165 Å². The molecule has 1 heterocycles. The summed E-state index contributed by atoms with van der Waals surface area (Å²) in [4.78, 5) is 16.1. The molecule has 0 N–H and O–H groups in total. The topological polar surface area (TPSA) is 52.3 Å². The number of hydrogen-bond acceptors (Lipinski definition) is 4. The number of rotatable bonds is 5. The molecule has 0 aliphatic heterocycles. The minimum Gasteiger partial charge on any atom is -0.469 e. The third-order valence-electron chi connectivity index (χ3n) is 3.78. The molecular weight excluding hydrogens is 397 g/mol. The predicted octanol–water partition coefficient (Wildman–Crippen LogP) is 6.07. The van der Waals surface area contributed by atoms with Gasteiger partial charge in [-0.05, 0) is 24.3 Å². The fourth-order valence-corrected chi connectivity index (χ4v) is 2.96. The Kier molecular flexibility index (Phi) is 5.87. The van der Waals surface area contributed by atoms with Crippen molar-refractivity contribution in [1.29, 1.82) is 0 Å². The van der Waals surface area contributed by atoms with Crippen LogP contribution in [0.5, 0.6) is 0 Å². The van der Waals surface area contributed by atoms with E-state index in [4.69, 9.17) is 44.0 Å². The maximum Gasteiger partial charge on any atom is 0.305 e. The molecule has 0 fully saturated rings. The molecule has 0 aliphatic carbocycles. The second-order valence-corrected chi connectivity index (χ2v) is 6.70. The van der Waals surface area contributed by atoms with Gasteiger partial charge >= 0.3 is 5.97 Å². The van der Waals surface area contributed by atoms with Crippen molar-refractivity contribution in [3.05, 3.63) is 63.3 Å². The van der Waals surface area contributed by atoms with Crippen molar-refractivity contribution < 1.29 is 13.9 Å². The maximum atomic E-state index is 11.5. The fourth-order valence-electron chi connectivity index (χ4n) is 2.46. The highest BCUT2D eigenvalue weighted by molar-refractivity contribution is 6.43. The van der Waals surface area contributed by atoms with Gasteiger partial charge in [0.15, 0.2) is 0 Å². The van der Waals surface area contributed by atoms with Crippen LogP contribution >= 0.6 is 34.8 Å². The second kappa shape index (κ2) is 8.12. The number of aryl methyl sites for hydroxylation is 1. The van der Waals surface area contributed by atoms with Gasteiger partial charge in [0.25, 0.3) is 0 Å². The maximum absolute atomic E-state index is 11.5. The summed E-state index contributed by atoms with van der Waals surface area (Å²) in [6.45, 7) is 0. The van der Waals surface area contributed by atoms with Crippen molar-refractivity contribution in [3.63, 3.8) is 0 Å². The molecule has 0 saturated carbocycles. The van der Waals surface area contributed by atoms with Gasteiger partial charge in [-0.25, -0.2) is 4.98 Å². The summed E-state index contributed by atoms with van der Waals surface area (Å²) in [7, 11) is 1.35. The second-order valence-electron chi connectivity index (χ2n) is 5.48. The standard InChI is InChI=1S/C19H14Cl3NO3/c1-25-16(24)10-9-15-18(11-5-7-12(20)8-6-11)23-19(26-15)13-3-2-4-14(21)17(13)22/h2-8H,9-10H2,1H3. The Morgan fingerprint density at radius 2 is 1.85 bits per heavy atom. The van der Waals surface area contributed by atoms with E-state index in [1.807, 2.05) is 12.1 Å². The quantitative estimate of drug-likeness (QED) is 0.479. The van der Waals surface area contributed by atoms with E-state index in [0.717, 1.165) is 5.56 Å². The SMILES string of the molecule is COC(=O)CCc1oc(-c2cccc(Cl)c2Cl)nc1-c1ccc(Cl)cc1. The summed E-state index contributed by atoms with van der Waals surface area (Å²) in [5.41, 5.74) is 2.03. The number of benzene rings is 2. The predicted molar refractivity (Wildman–Crippen MR) is 103 cm³/mol. The molecule has 4 nitrogen and oxygen atoms in total. The van der Waals surface area contributed by atoms with Gasteiger partial charge in [0, 0.05) is 17.0 Å². The van der Waals surface area contributed by atoms with Crippen LogP contribution in [0.4, 0.5) is 0 Å². The van der Waals surface area contributed by atoms with Gasteiger partial charge in [0.2, 0.25) is 5.89 Å². The van der Waals surface area contributed by atoms with Gasteiger partial charge in [-0.1, -0.05) is 53.0 Å². The number of carbonyl (C=O) groups is 1. The number of nitrogens with zero attached hydrogens (tertiary/aromatic N) is 1. The van der Waals surface area contributed by atoms with Crippen LogP contribution in [0.1, 0.15) is 12.2 Å². The Morgan fingerprint density at radius 1 is 1.12 bits per heavy atom. The van der Waals surface area contributed by atoms with Crippen LogP contribution in [0.25, 0.3) is 22.7 Å². The van der Waals surface area contributed by atoms with Crippen LogP contribution in [0.3, 0.4) is 0 Å². The van der Waals surface area contributed by atoms with Crippen LogP contribution in [0, 0.1) is 0 Å². The Hall–Kier alpha value is -2.01. The monoisotopic (exact) mass is 409 g/mol. The van der Waals surface area contributed by atoms with E-state index in [1.54, 1.807) is 30.3 Å². The van der Waals surface area contributed by atoms with Gasteiger partial charge in [-0.15, -0.1) is 0 Å². The molecule has 0 radical (unpaired) electrons. The molecule has 0 aliphatic rings. The number of carbonyl (C=O) groups excluding carboxylic acids is 1. The first kappa shape index (κ1) is 18.8.